The van der Waals surface area contributed by atoms with Crippen molar-refractivity contribution in [2.24, 2.45) is 29.6 Å². The van der Waals surface area contributed by atoms with Crippen LogP contribution in [0.3, 0.4) is 0 Å². The zero-order chi connectivity index (χ0) is 15.2. The van der Waals surface area contributed by atoms with E-state index in [1.165, 1.54) is 44.9 Å². The molecule has 128 valence electrons. The van der Waals surface area contributed by atoms with Crippen molar-refractivity contribution in [3.05, 3.63) is 6.42 Å². The summed E-state index contributed by atoms with van der Waals surface area (Å²) in [6.07, 6.45) is 25.3. The monoisotopic (exact) mass is 388 g/mol. The Morgan fingerprint density at radius 1 is 0.565 bits per heavy atom. The Labute approximate surface area is 195 Å². The molecule has 3 rings (SSSR count). The van der Waals surface area contributed by atoms with Gasteiger partial charge in [0, 0.05) is 0 Å². The van der Waals surface area contributed by atoms with Crippen molar-refractivity contribution in [2.45, 2.75) is 103 Å². The molecule has 0 bridgehead atoms. The van der Waals surface area contributed by atoms with E-state index in [0.717, 1.165) is 29.6 Å². The second-order valence-corrected chi connectivity index (χ2v) is 8.96. The quantitative estimate of drug-likeness (QED) is 0.619. The van der Waals surface area contributed by atoms with E-state index in [1.807, 2.05) is 0 Å². The van der Waals surface area contributed by atoms with Gasteiger partial charge in [-0.2, -0.15) is 12.8 Å². The van der Waals surface area contributed by atoms with Gasteiger partial charge in [0.2, 0.25) is 0 Å². The van der Waals surface area contributed by atoms with Crippen LogP contribution in [0.4, 0.5) is 0 Å². The summed E-state index contributed by atoms with van der Waals surface area (Å²) in [5.41, 5.74) is 0. The molecule has 0 amide bonds. The minimum Gasteiger partial charge on any atom is -0.328 e. The van der Waals surface area contributed by atoms with Gasteiger partial charge in [0.1, 0.15) is 0 Å². The Kier molecular flexibility index (Phi) is 10.6. The van der Waals surface area contributed by atoms with Crippen LogP contribution in [-0.2, 0) is 0 Å². The summed E-state index contributed by atoms with van der Waals surface area (Å²) in [6.45, 7) is 2.39. The van der Waals surface area contributed by atoms with E-state index < -0.39 is 0 Å². The van der Waals surface area contributed by atoms with E-state index >= 15 is 0 Å². The fourth-order valence-electron chi connectivity index (χ4n) is 5.75. The van der Waals surface area contributed by atoms with E-state index in [1.54, 1.807) is 51.4 Å². The molecule has 3 aliphatic carbocycles. The van der Waals surface area contributed by atoms with Crippen molar-refractivity contribution in [3.63, 3.8) is 0 Å². The summed E-state index contributed by atoms with van der Waals surface area (Å²) in [4.78, 5) is 0. The Hall–Kier alpha value is 1.81. The van der Waals surface area contributed by atoms with Crippen molar-refractivity contribution in [1.82, 2.24) is 0 Å². The third-order valence-corrected chi connectivity index (χ3v) is 7.40. The maximum absolute atomic E-state index is 2.51. The largest absolute Gasteiger partial charge is 1.00 e. The molecular weight excluding hydrogens is 350 g/mol. The van der Waals surface area contributed by atoms with Gasteiger partial charge in [0.25, 0.3) is 0 Å². The first kappa shape index (κ1) is 21.1. The number of hydrogen-bond donors (Lipinski definition) is 0. The summed E-state index contributed by atoms with van der Waals surface area (Å²) in [6, 6.07) is 0. The number of rotatable bonds is 5. The standard InChI is InChI=1S/C22H39.Rb/c1-2-18-8-10-20(11-9-18)17-22-14-12-21(13-15-22)16-19-6-4-3-5-7-19;/h3,18-22H,2,4-17H2,1H3;/q-1;+1. The molecule has 0 N–H and O–H groups in total. The molecular formula is C22H39Rb. The predicted octanol–water partition coefficient (Wildman–Crippen LogP) is 4.19. The average molecular weight is 389 g/mol. The first-order valence-corrected chi connectivity index (χ1v) is 10.6. The molecule has 3 aliphatic rings. The maximum atomic E-state index is 2.51. The molecule has 3 saturated carbocycles. The molecule has 0 aliphatic heterocycles. The smallest absolute Gasteiger partial charge is 0.328 e. The zero-order valence-corrected chi connectivity index (χ0v) is 21.0. The van der Waals surface area contributed by atoms with Crippen molar-refractivity contribution in [2.75, 3.05) is 0 Å². The van der Waals surface area contributed by atoms with Crippen molar-refractivity contribution in [1.29, 1.82) is 0 Å². The SMILES string of the molecule is CCC1CCC(CC2CCC(CC3CC[CH-]CC3)CC2)CC1.[Rb+]. The minimum atomic E-state index is 0. The van der Waals surface area contributed by atoms with Crippen LogP contribution < -0.4 is 58.2 Å². The fourth-order valence-corrected chi connectivity index (χ4v) is 5.75. The van der Waals surface area contributed by atoms with E-state index in [4.69, 9.17) is 0 Å². The predicted molar refractivity (Wildman–Crippen MR) is 96.7 cm³/mol. The van der Waals surface area contributed by atoms with Crippen molar-refractivity contribution >= 4 is 0 Å². The molecule has 23 heavy (non-hydrogen) atoms. The van der Waals surface area contributed by atoms with Crippen LogP contribution in [0.2, 0.25) is 0 Å². The summed E-state index contributed by atoms with van der Waals surface area (Å²) in [5, 5.41) is 0. The summed E-state index contributed by atoms with van der Waals surface area (Å²) < 4.78 is 0. The Balaban J connectivity index is 0.00000192. The second kappa shape index (κ2) is 11.5. The minimum absolute atomic E-state index is 0. The Morgan fingerprint density at radius 3 is 1.30 bits per heavy atom. The van der Waals surface area contributed by atoms with E-state index in [0.29, 0.717) is 0 Å². The molecule has 0 aromatic heterocycles. The first-order valence-electron chi connectivity index (χ1n) is 10.6. The molecule has 0 radical (unpaired) electrons. The number of hydrogen-bond acceptors (Lipinski definition) is 0. The first-order chi connectivity index (χ1) is 10.8. The Morgan fingerprint density at radius 2 is 0.913 bits per heavy atom. The van der Waals surface area contributed by atoms with E-state index in [2.05, 4.69) is 13.3 Å². The van der Waals surface area contributed by atoms with Crippen molar-refractivity contribution < 1.29 is 58.2 Å². The molecule has 1 heteroatoms. The molecule has 0 spiro atoms. The molecule has 0 aromatic carbocycles. The molecule has 0 saturated heterocycles. The van der Waals surface area contributed by atoms with Gasteiger partial charge in [-0.25, -0.2) is 0 Å². The molecule has 0 unspecified atom stereocenters. The van der Waals surface area contributed by atoms with Gasteiger partial charge in [-0.1, -0.05) is 77.6 Å². The van der Waals surface area contributed by atoms with Crippen LogP contribution in [0.25, 0.3) is 0 Å². The summed E-state index contributed by atoms with van der Waals surface area (Å²) in [5.74, 6) is 5.43. The average Bonchev–Trinajstić information content (AvgIpc) is 2.58. The topological polar surface area (TPSA) is 0 Å². The molecule has 0 atom stereocenters. The summed E-state index contributed by atoms with van der Waals surface area (Å²) in [7, 11) is 0. The van der Waals surface area contributed by atoms with Gasteiger partial charge in [0.05, 0.1) is 0 Å². The normalized spacial score (nSPS) is 36.4. The maximum Gasteiger partial charge on any atom is 1.00 e. The molecule has 0 aromatic rings. The van der Waals surface area contributed by atoms with Gasteiger partial charge < -0.3 is 6.42 Å². The van der Waals surface area contributed by atoms with Crippen LogP contribution in [0.5, 0.6) is 0 Å². The molecule has 0 heterocycles. The second-order valence-electron chi connectivity index (χ2n) is 8.96. The molecule has 3 fully saturated rings. The van der Waals surface area contributed by atoms with Crippen LogP contribution >= 0.6 is 0 Å². The third-order valence-electron chi connectivity index (χ3n) is 7.40. The van der Waals surface area contributed by atoms with Gasteiger partial charge in [0.15, 0.2) is 0 Å². The van der Waals surface area contributed by atoms with Gasteiger partial charge >= 0.3 is 58.2 Å². The van der Waals surface area contributed by atoms with Crippen molar-refractivity contribution in [3.8, 4) is 0 Å². The van der Waals surface area contributed by atoms with Crippen LogP contribution in [0.1, 0.15) is 103 Å². The van der Waals surface area contributed by atoms with Gasteiger partial charge in [-0.05, 0) is 42.4 Å². The zero-order valence-electron chi connectivity index (χ0n) is 16.1. The third kappa shape index (κ3) is 7.14. The van der Waals surface area contributed by atoms with Crippen LogP contribution in [0.15, 0.2) is 0 Å². The van der Waals surface area contributed by atoms with Crippen LogP contribution in [0, 0.1) is 36.0 Å². The fraction of sp³-hybridized carbons (Fsp3) is 0.955. The van der Waals surface area contributed by atoms with E-state index in [-0.39, 0.29) is 58.2 Å². The molecule has 0 nitrogen and oxygen atoms in total. The van der Waals surface area contributed by atoms with E-state index in [9.17, 15) is 0 Å². The summed E-state index contributed by atoms with van der Waals surface area (Å²) >= 11 is 0. The van der Waals surface area contributed by atoms with Gasteiger partial charge in [-0.3, -0.25) is 0 Å². The van der Waals surface area contributed by atoms with Gasteiger partial charge in [-0.15, -0.1) is 0 Å². The Bertz CT molecular complexity index is 291. The van der Waals surface area contributed by atoms with Crippen LogP contribution in [-0.4, -0.2) is 0 Å².